The van der Waals surface area contributed by atoms with Crippen molar-refractivity contribution in [3.63, 3.8) is 0 Å². The summed E-state index contributed by atoms with van der Waals surface area (Å²) in [5.74, 6) is 0.774. The topological polar surface area (TPSA) is 38.3 Å². The number of likely N-dealkylation sites (N-methyl/N-ethyl adjacent to an activating group) is 1. The smallest absolute Gasteiger partial charge is 0.251 e. The lowest BCUT2D eigenvalue weighted by atomic mass is 10.1. The molecule has 1 N–H and O–H groups in total. The van der Waals surface area contributed by atoms with Gasteiger partial charge in [0.25, 0.3) is 5.91 Å². The van der Waals surface area contributed by atoms with Gasteiger partial charge in [0.1, 0.15) is 5.75 Å². The Morgan fingerprint density at radius 3 is 1.89 bits per heavy atom. The lowest BCUT2D eigenvalue weighted by Gasteiger charge is -2.35. The minimum Gasteiger partial charge on any atom is -1.00 e. The first-order chi connectivity index (χ1) is 13.0. The van der Waals surface area contributed by atoms with E-state index >= 15 is 0 Å². The van der Waals surface area contributed by atoms with Gasteiger partial charge >= 0.3 is 0 Å². The van der Waals surface area contributed by atoms with E-state index in [1.807, 2.05) is 24.3 Å². The fourth-order valence-corrected chi connectivity index (χ4v) is 3.46. The monoisotopic (exact) mass is 504 g/mol. The molecule has 1 aromatic carbocycles. The number of carbonyl (C=O) groups excluding carboxylic acids is 1. The molecule has 0 fully saturated rings. The number of quaternary nitrogens is 1. The van der Waals surface area contributed by atoms with E-state index in [1.165, 1.54) is 64.5 Å². The van der Waals surface area contributed by atoms with Crippen LogP contribution in [-0.4, -0.2) is 50.7 Å². The Morgan fingerprint density at radius 1 is 0.893 bits per heavy atom. The molecule has 0 unspecified atom stereocenters. The highest BCUT2D eigenvalue weighted by atomic mass is 127. The number of unbranched alkanes of at least 4 members (excludes halogenated alkanes) is 6. The second-order valence-corrected chi connectivity index (χ2v) is 7.90. The lowest BCUT2D eigenvalue weighted by Crippen LogP contribution is -3.00. The summed E-state index contributed by atoms with van der Waals surface area (Å²) in [6.07, 6.45) is 10.4. The number of ether oxygens (including phenoxy) is 1. The number of hydrogen-bond donors (Lipinski definition) is 1. The summed E-state index contributed by atoms with van der Waals surface area (Å²) in [6.45, 7) is 8.67. The van der Waals surface area contributed by atoms with Crippen molar-refractivity contribution in [2.24, 2.45) is 0 Å². The van der Waals surface area contributed by atoms with Crippen molar-refractivity contribution in [3.8, 4) is 5.75 Å². The first kappa shape index (κ1) is 27.2. The van der Waals surface area contributed by atoms with E-state index in [4.69, 9.17) is 4.74 Å². The van der Waals surface area contributed by atoms with Crippen LogP contribution in [0.25, 0.3) is 0 Å². The van der Waals surface area contributed by atoms with Crippen LogP contribution in [0.3, 0.4) is 0 Å². The van der Waals surface area contributed by atoms with E-state index in [1.54, 1.807) is 7.11 Å². The average molecular weight is 504 g/mol. The molecule has 4 nitrogen and oxygen atoms in total. The molecule has 0 saturated carbocycles. The number of rotatable bonds is 15. The molecule has 162 valence electrons. The molecule has 0 aromatic heterocycles. The second-order valence-electron chi connectivity index (χ2n) is 7.90. The van der Waals surface area contributed by atoms with Gasteiger partial charge in [0, 0.05) is 5.56 Å². The predicted octanol–water partition coefficient (Wildman–Crippen LogP) is 2.04. The third kappa shape index (κ3) is 11.2. The largest absolute Gasteiger partial charge is 1.00 e. The second kappa shape index (κ2) is 16.0. The van der Waals surface area contributed by atoms with Crippen LogP contribution < -0.4 is 34.0 Å². The summed E-state index contributed by atoms with van der Waals surface area (Å²) >= 11 is 0. The van der Waals surface area contributed by atoms with Gasteiger partial charge in [-0.15, -0.1) is 0 Å². The number of halogens is 1. The molecule has 0 saturated heterocycles. The van der Waals surface area contributed by atoms with E-state index in [9.17, 15) is 4.79 Å². The Hall–Kier alpha value is -0.820. The van der Waals surface area contributed by atoms with Crippen molar-refractivity contribution >= 4 is 5.91 Å². The molecule has 5 heteroatoms. The van der Waals surface area contributed by atoms with Crippen LogP contribution in [0.15, 0.2) is 24.3 Å². The van der Waals surface area contributed by atoms with Crippen molar-refractivity contribution in [3.05, 3.63) is 29.8 Å². The van der Waals surface area contributed by atoms with Gasteiger partial charge < -0.3 is 38.5 Å². The highest BCUT2D eigenvalue weighted by Gasteiger charge is 2.20. The number of methoxy groups -OCH3 is 1. The van der Waals surface area contributed by atoms with E-state index < -0.39 is 0 Å². The summed E-state index contributed by atoms with van der Waals surface area (Å²) in [7, 11) is 3.99. The molecule has 1 rings (SSSR count). The van der Waals surface area contributed by atoms with Gasteiger partial charge in [-0.3, -0.25) is 4.79 Å². The first-order valence-corrected chi connectivity index (χ1v) is 10.8. The Balaban J connectivity index is 0.00000729. The van der Waals surface area contributed by atoms with Gasteiger partial charge in [-0.25, -0.2) is 0 Å². The molecule has 0 radical (unpaired) electrons. The molecule has 0 aliphatic rings. The van der Waals surface area contributed by atoms with Crippen LogP contribution in [0, 0.1) is 0 Å². The number of amides is 1. The molecule has 0 spiro atoms. The zero-order valence-electron chi connectivity index (χ0n) is 18.4. The Morgan fingerprint density at radius 2 is 1.43 bits per heavy atom. The normalized spacial score (nSPS) is 11.0. The lowest BCUT2D eigenvalue weighted by molar-refractivity contribution is -0.908. The zero-order valence-corrected chi connectivity index (χ0v) is 20.6. The van der Waals surface area contributed by atoms with Gasteiger partial charge in [-0.1, -0.05) is 39.5 Å². The van der Waals surface area contributed by atoms with Crippen LogP contribution >= 0.6 is 0 Å². The van der Waals surface area contributed by atoms with E-state index in [0.29, 0.717) is 5.56 Å². The highest BCUT2D eigenvalue weighted by molar-refractivity contribution is 5.94. The molecule has 0 bridgehead atoms. The highest BCUT2D eigenvalue weighted by Crippen LogP contribution is 2.13. The summed E-state index contributed by atoms with van der Waals surface area (Å²) in [6, 6.07) is 7.29. The van der Waals surface area contributed by atoms with Crippen molar-refractivity contribution in [2.45, 2.75) is 65.2 Å². The van der Waals surface area contributed by atoms with Crippen LogP contribution in [0.4, 0.5) is 0 Å². The summed E-state index contributed by atoms with van der Waals surface area (Å²) in [5.41, 5.74) is 0.691. The van der Waals surface area contributed by atoms with Crippen molar-refractivity contribution in [1.82, 2.24) is 5.32 Å². The van der Waals surface area contributed by atoms with E-state index in [2.05, 4.69) is 26.2 Å². The molecular formula is C23H41IN2O2. The van der Waals surface area contributed by atoms with Crippen LogP contribution in [0.2, 0.25) is 0 Å². The molecule has 0 aliphatic heterocycles. The number of nitrogens with zero attached hydrogens (tertiary/aromatic N) is 1. The van der Waals surface area contributed by atoms with Crippen molar-refractivity contribution < 1.29 is 38.0 Å². The molecule has 1 amide bonds. The predicted molar refractivity (Wildman–Crippen MR) is 114 cm³/mol. The molecule has 1 aromatic rings. The quantitative estimate of drug-likeness (QED) is 0.226. The maximum Gasteiger partial charge on any atom is 0.251 e. The van der Waals surface area contributed by atoms with Gasteiger partial charge in [-0.2, -0.15) is 0 Å². The molecule has 0 aliphatic carbocycles. The zero-order chi connectivity index (χ0) is 20.0. The third-order valence-electron chi connectivity index (χ3n) is 5.39. The molecule has 0 atom stereocenters. The van der Waals surface area contributed by atoms with Crippen LogP contribution in [-0.2, 0) is 0 Å². The Kier molecular flexibility index (Phi) is 15.6. The number of carbonyl (C=O) groups is 1. The fraction of sp³-hybridized carbons (Fsp3) is 0.696. The van der Waals surface area contributed by atoms with Gasteiger partial charge in [0.05, 0.1) is 40.3 Å². The Labute approximate surface area is 190 Å². The van der Waals surface area contributed by atoms with Gasteiger partial charge in [-0.05, 0) is 49.9 Å². The summed E-state index contributed by atoms with van der Waals surface area (Å²) in [4.78, 5) is 12.4. The Bertz CT molecular complexity index is 508. The van der Waals surface area contributed by atoms with Gasteiger partial charge in [0.2, 0.25) is 0 Å². The maximum absolute atomic E-state index is 12.4. The minimum absolute atomic E-state index is 0. The summed E-state index contributed by atoms with van der Waals surface area (Å²) < 4.78 is 6.22. The standard InChI is InChI=1S/C23H40N2O2.HI/c1-5-7-9-11-18-25(3,19-12-10-8-6-2)20-17-24-23(26)21-13-15-22(27-4)16-14-21;/h13-16H,5-12,17-20H2,1-4H3;1H. The van der Waals surface area contributed by atoms with Crippen LogP contribution in [0.5, 0.6) is 5.75 Å². The summed E-state index contributed by atoms with van der Waals surface area (Å²) in [5, 5.41) is 3.10. The number of hydrogen-bond acceptors (Lipinski definition) is 2. The first-order valence-electron chi connectivity index (χ1n) is 10.8. The molecule has 28 heavy (non-hydrogen) atoms. The SMILES string of the molecule is CCCCCC[N+](C)(CCCCCC)CCNC(=O)c1ccc(OC)cc1.[I-]. The fourth-order valence-electron chi connectivity index (χ4n) is 3.46. The van der Waals surface area contributed by atoms with Crippen molar-refractivity contribution in [2.75, 3.05) is 40.3 Å². The van der Waals surface area contributed by atoms with Crippen LogP contribution in [0.1, 0.15) is 75.6 Å². The maximum atomic E-state index is 12.4. The van der Waals surface area contributed by atoms with Crippen molar-refractivity contribution in [1.29, 1.82) is 0 Å². The third-order valence-corrected chi connectivity index (χ3v) is 5.39. The molecule has 0 heterocycles. The van der Waals surface area contributed by atoms with Gasteiger partial charge in [0.15, 0.2) is 0 Å². The number of benzene rings is 1. The van der Waals surface area contributed by atoms with E-state index in [-0.39, 0.29) is 29.9 Å². The minimum atomic E-state index is 0. The number of nitrogens with one attached hydrogen (secondary N) is 1. The molecular weight excluding hydrogens is 463 g/mol. The van der Waals surface area contributed by atoms with E-state index in [0.717, 1.165) is 23.3 Å². The average Bonchev–Trinajstić information content (AvgIpc) is 2.69.